The summed E-state index contributed by atoms with van der Waals surface area (Å²) >= 11 is 0. The number of phenols is 1. The summed E-state index contributed by atoms with van der Waals surface area (Å²) < 4.78 is 102. The normalized spacial score (nSPS) is 12.9. The first kappa shape index (κ1) is 15.3. The fraction of sp³-hybridized carbons (Fsp3) is 0.333. The molecule has 19 heavy (non-hydrogen) atoms. The summed E-state index contributed by atoms with van der Waals surface area (Å²) in [7, 11) is 0. The van der Waals surface area contributed by atoms with Gasteiger partial charge in [0.15, 0.2) is 0 Å². The highest BCUT2D eigenvalue weighted by molar-refractivity contribution is 5.49. The Morgan fingerprint density at radius 2 is 1.47 bits per heavy atom. The third-order valence-corrected chi connectivity index (χ3v) is 1.89. The molecular formula is C9H4F8O2. The van der Waals surface area contributed by atoms with E-state index in [4.69, 9.17) is 5.11 Å². The van der Waals surface area contributed by atoms with E-state index in [1.54, 1.807) is 0 Å². The van der Waals surface area contributed by atoms with Crippen LogP contribution >= 0.6 is 0 Å². The number of aromatic hydroxyl groups is 1. The van der Waals surface area contributed by atoms with Gasteiger partial charge in [-0.1, -0.05) is 0 Å². The molecule has 0 bridgehead atoms. The van der Waals surface area contributed by atoms with Crippen LogP contribution in [0.5, 0.6) is 11.5 Å². The first-order valence-corrected chi connectivity index (χ1v) is 4.39. The molecule has 0 aliphatic carbocycles. The molecule has 1 aromatic carbocycles. The summed E-state index contributed by atoms with van der Waals surface area (Å²) in [5, 5.41) is 8.87. The van der Waals surface area contributed by atoms with E-state index in [0.717, 1.165) is 0 Å². The summed E-state index contributed by atoms with van der Waals surface area (Å²) in [6, 6.07) is -0.189. The quantitative estimate of drug-likeness (QED) is 0.835. The molecule has 0 aliphatic heterocycles. The molecule has 0 atom stereocenters. The number of rotatable bonds is 2. The minimum Gasteiger partial charge on any atom is -0.508 e. The second kappa shape index (κ2) is 4.74. The average molecular weight is 296 g/mol. The standard InChI is InChI=1S/C9H4F8O2/c10-7(11)19-5-2-3(18)1-4(8(12,13)14)6(5)9(15,16)17/h1-2,7,18H. The van der Waals surface area contributed by atoms with E-state index in [0.29, 0.717) is 0 Å². The molecule has 1 rings (SSSR count). The first-order chi connectivity index (χ1) is 8.43. The molecule has 0 spiro atoms. The van der Waals surface area contributed by atoms with E-state index in [-0.39, 0.29) is 12.1 Å². The number of hydrogen-bond acceptors (Lipinski definition) is 2. The van der Waals surface area contributed by atoms with Gasteiger partial charge in [-0.05, 0) is 6.07 Å². The fourth-order valence-corrected chi connectivity index (χ4v) is 1.31. The molecule has 0 amide bonds. The van der Waals surface area contributed by atoms with Gasteiger partial charge >= 0.3 is 19.0 Å². The number of alkyl halides is 8. The lowest BCUT2D eigenvalue weighted by Gasteiger charge is -2.19. The summed E-state index contributed by atoms with van der Waals surface area (Å²) in [4.78, 5) is 0. The summed E-state index contributed by atoms with van der Waals surface area (Å²) in [5.74, 6) is -3.08. The molecule has 0 aromatic heterocycles. The van der Waals surface area contributed by atoms with Gasteiger partial charge in [-0.15, -0.1) is 0 Å². The highest BCUT2D eigenvalue weighted by Gasteiger charge is 2.46. The maximum atomic E-state index is 12.5. The molecule has 0 heterocycles. The Morgan fingerprint density at radius 1 is 0.947 bits per heavy atom. The molecule has 108 valence electrons. The molecule has 10 heteroatoms. The SMILES string of the molecule is Oc1cc(OC(F)F)c(C(F)(F)F)c(C(F)(F)F)c1. The van der Waals surface area contributed by atoms with Crippen LogP contribution in [0.1, 0.15) is 11.1 Å². The molecule has 1 aromatic rings. The van der Waals surface area contributed by atoms with E-state index >= 15 is 0 Å². The molecule has 0 aliphatic rings. The van der Waals surface area contributed by atoms with E-state index < -0.39 is 41.6 Å². The van der Waals surface area contributed by atoms with Crippen molar-refractivity contribution in [2.45, 2.75) is 19.0 Å². The lowest BCUT2D eigenvalue weighted by Crippen LogP contribution is -2.19. The van der Waals surface area contributed by atoms with Gasteiger partial charge in [0.25, 0.3) is 0 Å². The number of ether oxygens (including phenoxy) is 1. The minimum atomic E-state index is -5.58. The van der Waals surface area contributed by atoms with E-state index in [9.17, 15) is 35.1 Å². The monoisotopic (exact) mass is 296 g/mol. The van der Waals surface area contributed by atoms with E-state index in [1.807, 2.05) is 0 Å². The topological polar surface area (TPSA) is 29.5 Å². The maximum Gasteiger partial charge on any atom is 0.420 e. The minimum absolute atomic E-state index is 0.0320. The molecule has 0 saturated carbocycles. The number of halogens is 8. The van der Waals surface area contributed by atoms with Crippen LogP contribution in [-0.4, -0.2) is 11.7 Å². The molecule has 1 N–H and O–H groups in total. The van der Waals surface area contributed by atoms with Crippen LogP contribution in [0.3, 0.4) is 0 Å². The predicted octanol–water partition coefficient (Wildman–Crippen LogP) is 4.03. The van der Waals surface area contributed by atoms with Crippen molar-refractivity contribution in [3.05, 3.63) is 23.3 Å². The second-order valence-electron chi connectivity index (χ2n) is 3.24. The number of hydrogen-bond donors (Lipinski definition) is 1. The summed E-state index contributed by atoms with van der Waals surface area (Å²) in [5.41, 5.74) is -4.73. The Balaban J connectivity index is 3.59. The van der Waals surface area contributed by atoms with Crippen LogP contribution in [-0.2, 0) is 12.4 Å². The zero-order valence-electron chi connectivity index (χ0n) is 8.61. The molecule has 0 fully saturated rings. The third-order valence-electron chi connectivity index (χ3n) is 1.89. The van der Waals surface area contributed by atoms with Gasteiger partial charge in [0.05, 0.1) is 5.56 Å². The van der Waals surface area contributed by atoms with Crippen LogP contribution in [0.25, 0.3) is 0 Å². The van der Waals surface area contributed by atoms with Crippen LogP contribution in [0.15, 0.2) is 12.1 Å². The average Bonchev–Trinajstić information content (AvgIpc) is 2.11. The summed E-state index contributed by atoms with van der Waals surface area (Å²) in [6.45, 7) is -3.77. The van der Waals surface area contributed by atoms with Crippen molar-refractivity contribution in [1.29, 1.82) is 0 Å². The van der Waals surface area contributed by atoms with Gasteiger partial charge in [0, 0.05) is 6.07 Å². The van der Waals surface area contributed by atoms with Gasteiger partial charge in [-0.2, -0.15) is 35.1 Å². The highest BCUT2D eigenvalue weighted by Crippen LogP contribution is 2.46. The van der Waals surface area contributed by atoms with Crippen molar-refractivity contribution in [3.63, 3.8) is 0 Å². The van der Waals surface area contributed by atoms with Crippen LogP contribution in [0.4, 0.5) is 35.1 Å². The van der Waals surface area contributed by atoms with Crippen LogP contribution in [0.2, 0.25) is 0 Å². The Labute approximate surface area is 99.8 Å². The fourth-order valence-electron chi connectivity index (χ4n) is 1.31. The lowest BCUT2D eigenvalue weighted by atomic mass is 10.0. The Morgan fingerprint density at radius 3 is 1.84 bits per heavy atom. The molecular weight excluding hydrogens is 292 g/mol. The lowest BCUT2D eigenvalue weighted by molar-refractivity contribution is -0.165. The second-order valence-corrected chi connectivity index (χ2v) is 3.24. The van der Waals surface area contributed by atoms with E-state index in [2.05, 4.69) is 4.74 Å². The number of benzene rings is 1. The molecule has 0 unspecified atom stereocenters. The van der Waals surface area contributed by atoms with Crippen molar-refractivity contribution in [1.82, 2.24) is 0 Å². The first-order valence-electron chi connectivity index (χ1n) is 4.39. The predicted molar refractivity (Wildman–Crippen MR) is 44.7 cm³/mol. The zero-order valence-corrected chi connectivity index (χ0v) is 8.61. The van der Waals surface area contributed by atoms with Gasteiger partial charge in [-0.25, -0.2) is 0 Å². The summed E-state index contributed by atoms with van der Waals surface area (Å²) in [6.07, 6.45) is -11.1. The Bertz CT molecular complexity index is 463. The molecule has 0 radical (unpaired) electrons. The van der Waals surface area contributed by atoms with Gasteiger partial charge in [-0.3, -0.25) is 0 Å². The largest absolute Gasteiger partial charge is 0.508 e. The van der Waals surface area contributed by atoms with Crippen molar-refractivity contribution >= 4 is 0 Å². The Hall–Kier alpha value is -1.74. The third kappa shape index (κ3) is 3.61. The van der Waals surface area contributed by atoms with Gasteiger partial charge in [0.1, 0.15) is 17.1 Å². The van der Waals surface area contributed by atoms with Crippen molar-refractivity contribution in [2.75, 3.05) is 0 Å². The Kier molecular flexibility index (Phi) is 3.82. The van der Waals surface area contributed by atoms with Gasteiger partial charge in [0.2, 0.25) is 0 Å². The van der Waals surface area contributed by atoms with Crippen molar-refractivity contribution in [3.8, 4) is 11.5 Å². The maximum absolute atomic E-state index is 12.5. The molecule has 0 saturated heterocycles. The van der Waals surface area contributed by atoms with Gasteiger partial charge < -0.3 is 9.84 Å². The van der Waals surface area contributed by atoms with Crippen LogP contribution in [0, 0.1) is 0 Å². The smallest absolute Gasteiger partial charge is 0.420 e. The van der Waals surface area contributed by atoms with Crippen molar-refractivity contribution < 1.29 is 45.0 Å². The van der Waals surface area contributed by atoms with Crippen molar-refractivity contribution in [2.24, 2.45) is 0 Å². The zero-order chi connectivity index (χ0) is 15.0. The number of phenolic OH excluding ortho intramolecular Hbond substituents is 1. The van der Waals surface area contributed by atoms with Crippen LogP contribution < -0.4 is 4.74 Å². The highest BCUT2D eigenvalue weighted by atomic mass is 19.4. The van der Waals surface area contributed by atoms with E-state index in [1.165, 1.54) is 0 Å². The molecule has 2 nitrogen and oxygen atoms in total.